The van der Waals surface area contributed by atoms with E-state index in [0.29, 0.717) is 18.5 Å². The highest BCUT2D eigenvalue weighted by molar-refractivity contribution is 7.98. The molecule has 2 atom stereocenters. The third-order valence-electron chi connectivity index (χ3n) is 4.90. The van der Waals surface area contributed by atoms with E-state index < -0.39 is 12.1 Å². The van der Waals surface area contributed by atoms with Crippen molar-refractivity contribution >= 4 is 40.0 Å². The van der Waals surface area contributed by atoms with Crippen molar-refractivity contribution in [2.45, 2.75) is 24.9 Å². The van der Waals surface area contributed by atoms with Crippen molar-refractivity contribution in [3.63, 3.8) is 0 Å². The van der Waals surface area contributed by atoms with Crippen LogP contribution < -0.4 is 16.4 Å². The van der Waals surface area contributed by atoms with E-state index in [4.69, 9.17) is 5.73 Å². The minimum absolute atomic E-state index is 0.236. The van der Waals surface area contributed by atoms with Crippen molar-refractivity contribution in [1.29, 1.82) is 0 Å². The molecule has 6 heteroatoms. The number of thioether (sulfide) groups is 1. The van der Waals surface area contributed by atoms with Gasteiger partial charge in [0.2, 0.25) is 11.8 Å². The van der Waals surface area contributed by atoms with Gasteiger partial charge < -0.3 is 16.4 Å². The van der Waals surface area contributed by atoms with Gasteiger partial charge in [0.05, 0.1) is 6.04 Å². The first-order valence-corrected chi connectivity index (χ1v) is 11.3. The molecule has 2 amide bonds. The molecule has 3 rings (SSSR count). The number of nitrogens with two attached hydrogens (primary N) is 1. The number of benzene rings is 3. The Bertz CT molecular complexity index is 994. The lowest BCUT2D eigenvalue weighted by atomic mass is 10.1. The number of carbonyl (C=O) groups excluding carboxylic acids is 2. The van der Waals surface area contributed by atoms with Crippen molar-refractivity contribution in [3.05, 3.63) is 78.4 Å². The average molecular weight is 422 g/mol. The van der Waals surface area contributed by atoms with E-state index in [1.807, 2.05) is 79.1 Å². The van der Waals surface area contributed by atoms with Gasteiger partial charge in [-0.1, -0.05) is 60.7 Å². The molecular weight excluding hydrogens is 394 g/mol. The molecule has 0 spiro atoms. The zero-order valence-corrected chi connectivity index (χ0v) is 17.8. The number of anilines is 1. The van der Waals surface area contributed by atoms with E-state index in [1.165, 1.54) is 0 Å². The molecule has 0 radical (unpaired) electrons. The lowest BCUT2D eigenvalue weighted by Crippen LogP contribution is -2.50. The molecule has 0 bridgehead atoms. The van der Waals surface area contributed by atoms with Crippen LogP contribution >= 0.6 is 11.8 Å². The molecule has 0 unspecified atom stereocenters. The fourth-order valence-electron chi connectivity index (χ4n) is 3.24. The molecule has 4 N–H and O–H groups in total. The first kappa shape index (κ1) is 21.9. The number of carbonyl (C=O) groups is 2. The molecule has 5 nitrogen and oxygen atoms in total. The molecule has 156 valence electrons. The quantitative estimate of drug-likeness (QED) is 0.493. The summed E-state index contributed by atoms with van der Waals surface area (Å²) in [5, 5.41) is 7.93. The highest BCUT2D eigenvalue weighted by Crippen LogP contribution is 2.19. The van der Waals surface area contributed by atoms with Crippen LogP contribution in [0.3, 0.4) is 0 Å². The molecule has 0 aliphatic rings. The molecule has 3 aromatic rings. The fraction of sp³-hybridized carbons (Fsp3) is 0.250. The topological polar surface area (TPSA) is 84.2 Å². The van der Waals surface area contributed by atoms with Crippen LogP contribution in [0.5, 0.6) is 0 Å². The molecule has 0 saturated carbocycles. The van der Waals surface area contributed by atoms with E-state index in [0.717, 1.165) is 22.1 Å². The molecular formula is C24H27N3O2S. The van der Waals surface area contributed by atoms with Crippen LogP contribution in [0.25, 0.3) is 10.8 Å². The molecule has 0 fully saturated rings. The van der Waals surface area contributed by atoms with E-state index in [1.54, 1.807) is 11.8 Å². The Kier molecular flexibility index (Phi) is 7.88. The number of hydrogen-bond acceptors (Lipinski definition) is 4. The smallest absolute Gasteiger partial charge is 0.246 e. The molecule has 0 aliphatic carbocycles. The normalized spacial score (nSPS) is 12.9. The van der Waals surface area contributed by atoms with Crippen molar-refractivity contribution in [1.82, 2.24) is 5.32 Å². The monoisotopic (exact) mass is 421 g/mol. The van der Waals surface area contributed by atoms with Crippen LogP contribution in [0.4, 0.5) is 5.69 Å². The Morgan fingerprint density at radius 2 is 1.63 bits per heavy atom. The summed E-state index contributed by atoms with van der Waals surface area (Å²) < 4.78 is 0. The maximum absolute atomic E-state index is 12.9. The lowest BCUT2D eigenvalue weighted by Gasteiger charge is -2.21. The van der Waals surface area contributed by atoms with E-state index in [-0.39, 0.29) is 11.8 Å². The summed E-state index contributed by atoms with van der Waals surface area (Å²) >= 11 is 1.63. The van der Waals surface area contributed by atoms with Gasteiger partial charge >= 0.3 is 0 Å². The molecule has 0 heterocycles. The maximum Gasteiger partial charge on any atom is 0.246 e. The van der Waals surface area contributed by atoms with Gasteiger partial charge in [-0.15, -0.1) is 0 Å². The van der Waals surface area contributed by atoms with Gasteiger partial charge in [-0.3, -0.25) is 9.59 Å². The zero-order valence-electron chi connectivity index (χ0n) is 17.0. The molecule has 0 aliphatic heterocycles. The second-order valence-electron chi connectivity index (χ2n) is 7.19. The Morgan fingerprint density at radius 1 is 0.933 bits per heavy atom. The zero-order chi connectivity index (χ0) is 21.3. The number of hydrogen-bond donors (Lipinski definition) is 3. The number of rotatable bonds is 9. The maximum atomic E-state index is 12.9. The summed E-state index contributed by atoms with van der Waals surface area (Å²) in [6, 6.07) is 22.0. The number of fused-ring (bicyclic) bond motifs is 1. The minimum Gasteiger partial charge on any atom is -0.343 e. The van der Waals surface area contributed by atoms with E-state index in [2.05, 4.69) is 10.6 Å². The second kappa shape index (κ2) is 10.8. The summed E-state index contributed by atoms with van der Waals surface area (Å²) in [6.45, 7) is 0. The van der Waals surface area contributed by atoms with Crippen molar-refractivity contribution in [3.8, 4) is 0 Å². The minimum atomic E-state index is -0.711. The van der Waals surface area contributed by atoms with Gasteiger partial charge in [0, 0.05) is 5.69 Å². The van der Waals surface area contributed by atoms with Crippen molar-refractivity contribution in [2.75, 3.05) is 17.3 Å². The highest BCUT2D eigenvalue weighted by atomic mass is 32.2. The van der Waals surface area contributed by atoms with Gasteiger partial charge in [0.15, 0.2) is 0 Å². The van der Waals surface area contributed by atoms with Crippen LogP contribution in [0.2, 0.25) is 0 Å². The predicted molar refractivity (Wildman–Crippen MR) is 126 cm³/mol. The average Bonchev–Trinajstić information content (AvgIpc) is 2.77. The van der Waals surface area contributed by atoms with Crippen molar-refractivity contribution < 1.29 is 9.59 Å². The fourth-order valence-corrected chi connectivity index (χ4v) is 3.71. The molecule has 0 saturated heterocycles. The Morgan fingerprint density at radius 3 is 2.37 bits per heavy atom. The van der Waals surface area contributed by atoms with Crippen molar-refractivity contribution in [2.24, 2.45) is 5.73 Å². The van der Waals surface area contributed by atoms with Crippen LogP contribution in [0, 0.1) is 0 Å². The number of amides is 2. The summed E-state index contributed by atoms with van der Waals surface area (Å²) in [5.41, 5.74) is 7.78. The third-order valence-corrected chi connectivity index (χ3v) is 5.54. The van der Waals surface area contributed by atoms with Gasteiger partial charge in [-0.2, -0.15) is 11.8 Å². The van der Waals surface area contributed by atoms with Crippen LogP contribution in [0.1, 0.15) is 12.0 Å². The highest BCUT2D eigenvalue weighted by Gasteiger charge is 2.24. The molecule has 3 aromatic carbocycles. The number of nitrogens with one attached hydrogen (secondary N) is 2. The molecule has 0 aromatic heterocycles. The predicted octanol–water partition coefficient (Wildman–Crippen LogP) is 3.59. The van der Waals surface area contributed by atoms with Gasteiger partial charge in [-0.05, 0) is 53.3 Å². The van der Waals surface area contributed by atoms with E-state index in [9.17, 15) is 9.59 Å². The Hall–Kier alpha value is -2.83. The SMILES string of the molecule is CSCC[C@H](NC(=O)[C@@H](N)Cc1ccccc1)C(=O)Nc1ccc2ccccc2c1. The first-order chi connectivity index (χ1) is 14.6. The van der Waals surface area contributed by atoms with Crippen LogP contribution in [-0.2, 0) is 16.0 Å². The lowest BCUT2D eigenvalue weighted by molar-refractivity contribution is -0.127. The largest absolute Gasteiger partial charge is 0.343 e. The molecule has 30 heavy (non-hydrogen) atoms. The summed E-state index contributed by atoms with van der Waals surface area (Å²) in [4.78, 5) is 25.5. The van der Waals surface area contributed by atoms with Crippen LogP contribution in [0.15, 0.2) is 72.8 Å². The summed E-state index contributed by atoms with van der Waals surface area (Å²) in [6.07, 6.45) is 2.93. The standard InChI is InChI=1S/C24H27N3O2S/c1-30-14-13-22(27-23(28)21(25)15-17-7-3-2-4-8-17)24(29)26-20-12-11-18-9-5-6-10-19(18)16-20/h2-12,16,21-22H,13-15,25H2,1H3,(H,26,29)(H,27,28)/t21-,22-/m0/s1. The van der Waals surface area contributed by atoms with E-state index >= 15 is 0 Å². The third kappa shape index (κ3) is 6.08. The summed E-state index contributed by atoms with van der Waals surface area (Å²) in [5.74, 6) is 0.197. The summed E-state index contributed by atoms with van der Waals surface area (Å²) in [7, 11) is 0. The van der Waals surface area contributed by atoms with Gasteiger partial charge in [-0.25, -0.2) is 0 Å². The van der Waals surface area contributed by atoms with Gasteiger partial charge in [0.1, 0.15) is 6.04 Å². The Labute approximate surface area is 181 Å². The van der Waals surface area contributed by atoms with Crippen LogP contribution in [-0.4, -0.2) is 35.9 Å². The second-order valence-corrected chi connectivity index (χ2v) is 8.18. The Balaban J connectivity index is 1.65. The van der Waals surface area contributed by atoms with Gasteiger partial charge in [0.25, 0.3) is 0 Å². The first-order valence-electron chi connectivity index (χ1n) is 9.95.